The second-order valence-electron chi connectivity index (χ2n) is 6.66. The number of hydrogen-bond acceptors (Lipinski definition) is 4. The van der Waals surface area contributed by atoms with Crippen LogP contribution < -0.4 is 5.32 Å². The SMILES string of the molecule is CCCNC(CC)(CO)CCCN1CCC(C)C(OC)C1. The van der Waals surface area contributed by atoms with Crippen LogP contribution in [0.3, 0.4) is 0 Å². The van der Waals surface area contributed by atoms with Gasteiger partial charge >= 0.3 is 0 Å². The molecule has 0 aromatic carbocycles. The molecule has 2 N–H and O–H groups in total. The lowest BCUT2D eigenvalue weighted by molar-refractivity contribution is -0.00614. The first-order valence-corrected chi connectivity index (χ1v) is 8.71. The molecule has 1 aliphatic rings. The van der Waals surface area contributed by atoms with E-state index in [0.717, 1.165) is 45.3 Å². The zero-order chi connectivity index (χ0) is 15.7. The van der Waals surface area contributed by atoms with Crippen molar-refractivity contribution in [3.8, 4) is 0 Å². The second-order valence-corrected chi connectivity index (χ2v) is 6.66. The van der Waals surface area contributed by atoms with Gasteiger partial charge in [0.1, 0.15) is 0 Å². The Balaban J connectivity index is 2.36. The van der Waals surface area contributed by atoms with E-state index >= 15 is 0 Å². The van der Waals surface area contributed by atoms with Gasteiger partial charge in [-0.1, -0.05) is 20.8 Å². The van der Waals surface area contributed by atoms with E-state index in [1.807, 2.05) is 7.11 Å². The molecule has 0 saturated carbocycles. The molecule has 4 heteroatoms. The van der Waals surface area contributed by atoms with Gasteiger partial charge < -0.3 is 20.1 Å². The van der Waals surface area contributed by atoms with Crippen LogP contribution in [0.2, 0.25) is 0 Å². The van der Waals surface area contributed by atoms with Gasteiger partial charge in [0, 0.05) is 19.2 Å². The summed E-state index contributed by atoms with van der Waals surface area (Å²) in [5.74, 6) is 0.671. The molecular formula is C17H36N2O2. The van der Waals surface area contributed by atoms with E-state index in [9.17, 15) is 5.11 Å². The minimum atomic E-state index is -0.0836. The van der Waals surface area contributed by atoms with Crippen molar-refractivity contribution in [3.05, 3.63) is 0 Å². The molecule has 21 heavy (non-hydrogen) atoms. The maximum atomic E-state index is 9.76. The van der Waals surface area contributed by atoms with Gasteiger partial charge in [0.05, 0.1) is 12.7 Å². The van der Waals surface area contributed by atoms with E-state index in [1.54, 1.807) is 0 Å². The van der Waals surface area contributed by atoms with Crippen LogP contribution in [0.4, 0.5) is 0 Å². The highest BCUT2D eigenvalue weighted by atomic mass is 16.5. The Labute approximate surface area is 131 Å². The third-order valence-electron chi connectivity index (χ3n) is 5.14. The molecule has 0 spiro atoms. The summed E-state index contributed by atoms with van der Waals surface area (Å²) in [6.07, 6.45) is 5.89. The standard InChI is InChI=1S/C17H36N2O2/c1-5-10-18-17(6-2,14-20)9-7-11-19-12-8-15(3)16(13-19)21-4/h15-16,18,20H,5-14H2,1-4H3. The summed E-state index contributed by atoms with van der Waals surface area (Å²) < 4.78 is 5.58. The molecule has 3 atom stereocenters. The number of piperidine rings is 1. The van der Waals surface area contributed by atoms with Crippen LogP contribution in [0.1, 0.15) is 52.9 Å². The van der Waals surface area contributed by atoms with E-state index in [2.05, 4.69) is 31.0 Å². The van der Waals surface area contributed by atoms with Crippen LogP contribution in [0, 0.1) is 5.92 Å². The fourth-order valence-electron chi connectivity index (χ4n) is 3.28. The monoisotopic (exact) mass is 300 g/mol. The van der Waals surface area contributed by atoms with Crippen LogP contribution in [0.25, 0.3) is 0 Å². The van der Waals surface area contributed by atoms with Crippen molar-refractivity contribution >= 4 is 0 Å². The van der Waals surface area contributed by atoms with Crippen molar-refractivity contribution in [1.29, 1.82) is 0 Å². The van der Waals surface area contributed by atoms with Crippen LogP contribution in [0.5, 0.6) is 0 Å². The lowest BCUT2D eigenvalue weighted by Gasteiger charge is -2.37. The number of aliphatic hydroxyl groups is 1. The van der Waals surface area contributed by atoms with Crippen LogP contribution >= 0.6 is 0 Å². The topological polar surface area (TPSA) is 44.7 Å². The molecule has 0 radical (unpaired) electrons. The zero-order valence-electron chi connectivity index (χ0n) is 14.5. The molecule has 126 valence electrons. The summed E-state index contributed by atoms with van der Waals surface area (Å²) in [7, 11) is 1.83. The molecule has 0 amide bonds. The first-order valence-electron chi connectivity index (χ1n) is 8.71. The normalized spacial score (nSPS) is 26.7. The molecule has 1 rings (SSSR count). The number of aliphatic hydroxyl groups excluding tert-OH is 1. The lowest BCUT2D eigenvalue weighted by Crippen LogP contribution is -2.49. The predicted octanol–water partition coefficient (Wildman–Crippen LogP) is 2.26. The second kappa shape index (κ2) is 9.78. The molecule has 0 bridgehead atoms. The Morgan fingerprint density at radius 1 is 1.38 bits per heavy atom. The van der Waals surface area contributed by atoms with E-state index in [-0.39, 0.29) is 12.1 Å². The molecule has 1 aliphatic heterocycles. The van der Waals surface area contributed by atoms with Gasteiger partial charge in [-0.15, -0.1) is 0 Å². The Bertz CT molecular complexity index is 270. The van der Waals surface area contributed by atoms with Crippen molar-refractivity contribution in [2.45, 2.75) is 64.5 Å². The number of nitrogens with one attached hydrogen (secondary N) is 1. The summed E-state index contributed by atoms with van der Waals surface area (Å²) in [4.78, 5) is 2.52. The largest absolute Gasteiger partial charge is 0.394 e. The van der Waals surface area contributed by atoms with Gasteiger partial charge in [-0.3, -0.25) is 0 Å². The fourth-order valence-corrected chi connectivity index (χ4v) is 3.28. The van der Waals surface area contributed by atoms with E-state index in [1.165, 1.54) is 13.0 Å². The summed E-state index contributed by atoms with van der Waals surface area (Å²) in [6.45, 7) is 11.2. The number of ether oxygens (including phenoxy) is 1. The average Bonchev–Trinajstić information content (AvgIpc) is 2.52. The molecule has 4 nitrogen and oxygen atoms in total. The summed E-state index contributed by atoms with van der Waals surface area (Å²) >= 11 is 0. The molecule has 0 aromatic heterocycles. The Morgan fingerprint density at radius 3 is 2.71 bits per heavy atom. The Morgan fingerprint density at radius 2 is 2.14 bits per heavy atom. The molecule has 1 heterocycles. The third-order valence-corrected chi connectivity index (χ3v) is 5.14. The van der Waals surface area contributed by atoms with Crippen LogP contribution in [-0.4, -0.2) is 61.5 Å². The van der Waals surface area contributed by atoms with Gasteiger partial charge in [0.2, 0.25) is 0 Å². The number of nitrogens with zero attached hydrogens (tertiary/aromatic N) is 1. The van der Waals surface area contributed by atoms with Crippen LogP contribution in [-0.2, 0) is 4.74 Å². The number of methoxy groups -OCH3 is 1. The Hall–Kier alpha value is -0.160. The van der Waals surface area contributed by atoms with Crippen molar-refractivity contribution in [3.63, 3.8) is 0 Å². The fraction of sp³-hybridized carbons (Fsp3) is 1.00. The third kappa shape index (κ3) is 5.85. The lowest BCUT2D eigenvalue weighted by atomic mass is 9.90. The first-order chi connectivity index (χ1) is 10.1. The highest BCUT2D eigenvalue weighted by Gasteiger charge is 2.28. The van der Waals surface area contributed by atoms with Crippen molar-refractivity contribution in [1.82, 2.24) is 10.2 Å². The predicted molar refractivity (Wildman–Crippen MR) is 88.7 cm³/mol. The minimum absolute atomic E-state index is 0.0836. The Kier molecular flexibility index (Phi) is 8.79. The molecule has 1 saturated heterocycles. The minimum Gasteiger partial charge on any atom is -0.394 e. The summed E-state index contributed by atoms with van der Waals surface area (Å²) in [5, 5.41) is 13.3. The number of hydrogen-bond donors (Lipinski definition) is 2. The zero-order valence-corrected chi connectivity index (χ0v) is 14.5. The van der Waals surface area contributed by atoms with Gasteiger partial charge in [-0.25, -0.2) is 0 Å². The molecule has 0 aliphatic carbocycles. The highest BCUT2D eigenvalue weighted by Crippen LogP contribution is 2.21. The smallest absolute Gasteiger partial charge is 0.0724 e. The molecular weight excluding hydrogens is 264 g/mol. The van der Waals surface area contributed by atoms with Gasteiger partial charge in [0.25, 0.3) is 0 Å². The maximum Gasteiger partial charge on any atom is 0.0724 e. The van der Waals surface area contributed by atoms with Gasteiger partial charge in [0.15, 0.2) is 0 Å². The average molecular weight is 300 g/mol. The van der Waals surface area contributed by atoms with E-state index in [4.69, 9.17) is 4.74 Å². The molecule has 0 aromatic rings. The quantitative estimate of drug-likeness (QED) is 0.649. The molecule has 1 fully saturated rings. The van der Waals surface area contributed by atoms with Gasteiger partial charge in [-0.05, 0) is 57.7 Å². The summed E-state index contributed by atoms with van der Waals surface area (Å²) in [6, 6.07) is 0. The highest BCUT2D eigenvalue weighted by molar-refractivity contribution is 4.87. The van der Waals surface area contributed by atoms with Crippen LogP contribution in [0.15, 0.2) is 0 Å². The van der Waals surface area contributed by atoms with Gasteiger partial charge in [-0.2, -0.15) is 0 Å². The number of rotatable bonds is 10. The van der Waals surface area contributed by atoms with E-state index in [0.29, 0.717) is 12.0 Å². The van der Waals surface area contributed by atoms with Crippen molar-refractivity contribution < 1.29 is 9.84 Å². The first kappa shape index (κ1) is 18.9. The molecule has 3 unspecified atom stereocenters. The summed E-state index contributed by atoms with van der Waals surface area (Å²) in [5.41, 5.74) is -0.0836. The van der Waals surface area contributed by atoms with E-state index < -0.39 is 0 Å². The van der Waals surface area contributed by atoms with Crippen molar-refractivity contribution in [2.24, 2.45) is 5.92 Å². The number of likely N-dealkylation sites (tertiary alicyclic amines) is 1. The van der Waals surface area contributed by atoms with Crippen molar-refractivity contribution in [2.75, 3.05) is 39.9 Å². The maximum absolute atomic E-state index is 9.76.